The van der Waals surface area contributed by atoms with Gasteiger partial charge in [0.05, 0.1) is 31.8 Å². The fraction of sp³-hybridized carbons (Fsp3) is 0.444. The third kappa shape index (κ3) is 8.56. The van der Waals surface area contributed by atoms with Crippen LogP contribution in [0, 0.1) is 5.92 Å². The average molecular weight is 617 g/mol. The molecule has 0 saturated carbocycles. The number of nitrogens with zero attached hydrogens (tertiary/aromatic N) is 1. The van der Waals surface area contributed by atoms with Gasteiger partial charge in [-0.1, -0.05) is 73.7 Å². The number of carboxylic acid groups (broad SMARTS) is 1. The minimum atomic E-state index is -0.987. The molecule has 9 heteroatoms. The molecule has 2 aliphatic heterocycles. The quantitative estimate of drug-likeness (QED) is 0.239. The van der Waals surface area contributed by atoms with Crippen molar-refractivity contribution in [2.45, 2.75) is 70.3 Å². The van der Waals surface area contributed by atoms with Gasteiger partial charge in [0.1, 0.15) is 0 Å². The van der Waals surface area contributed by atoms with E-state index in [1.54, 1.807) is 7.11 Å². The van der Waals surface area contributed by atoms with Crippen molar-refractivity contribution < 1.29 is 34.0 Å². The molecule has 3 N–H and O–H groups in total. The summed E-state index contributed by atoms with van der Waals surface area (Å²) in [4.78, 5) is 25.2. The van der Waals surface area contributed by atoms with Crippen LogP contribution in [0.15, 0.2) is 72.8 Å². The highest BCUT2D eigenvalue weighted by molar-refractivity contribution is 5.80. The maximum absolute atomic E-state index is 12.0. The third-order valence-electron chi connectivity index (χ3n) is 8.89. The molecule has 0 aliphatic carbocycles. The van der Waals surface area contributed by atoms with Crippen molar-refractivity contribution in [1.82, 2.24) is 10.2 Å². The summed E-state index contributed by atoms with van der Waals surface area (Å²) >= 11 is 0. The maximum Gasteiger partial charge on any atom is 0.303 e. The number of carbonyl (C=O) groups excluding carboxylic acids is 1. The van der Waals surface area contributed by atoms with E-state index < -0.39 is 12.3 Å². The molecule has 0 spiro atoms. The van der Waals surface area contributed by atoms with Gasteiger partial charge >= 0.3 is 5.97 Å². The number of aliphatic hydroxyl groups is 1. The Bertz CT molecular complexity index is 1410. The van der Waals surface area contributed by atoms with Crippen LogP contribution in [0.5, 0.6) is 0 Å². The Labute approximate surface area is 265 Å². The van der Waals surface area contributed by atoms with Gasteiger partial charge in [0.15, 0.2) is 6.29 Å². The molecule has 0 unspecified atom stereocenters. The lowest BCUT2D eigenvalue weighted by Gasteiger charge is -2.43. The number of methoxy groups -OCH3 is 1. The van der Waals surface area contributed by atoms with Crippen molar-refractivity contribution in [3.63, 3.8) is 0 Å². The standard InChI is InChI=1S/C36H44N2O7/c1-24-32(21-38-18-4-7-31(38)23-43-2)44-36(45-35(24)28-10-8-25(22-39)9-11-28)29-14-12-27(13-15-29)30-6-3-5-26(19-30)20-37-33(40)16-17-34(41)42/h3,5-6,8-15,19,24,31-32,35-36,39H,4,7,16-18,20-23H2,1-2H3,(H,37,40)(H,41,42)/t24-,31+,32+,35+,36+/m1/s1. The first-order valence-corrected chi connectivity index (χ1v) is 15.8. The van der Waals surface area contributed by atoms with Crippen molar-refractivity contribution in [3.8, 4) is 11.1 Å². The predicted molar refractivity (Wildman–Crippen MR) is 170 cm³/mol. The second kappa shape index (κ2) is 15.6. The molecule has 2 heterocycles. The summed E-state index contributed by atoms with van der Waals surface area (Å²) in [5.74, 6) is -1.16. The van der Waals surface area contributed by atoms with E-state index in [4.69, 9.17) is 19.3 Å². The number of aliphatic hydroxyl groups excluding tert-OH is 1. The normalized spacial score (nSPS) is 23.6. The van der Waals surface area contributed by atoms with Crippen LogP contribution in [0.1, 0.15) is 67.3 Å². The molecule has 2 aliphatic rings. The lowest BCUT2D eigenvalue weighted by atomic mass is 9.89. The van der Waals surface area contributed by atoms with Crippen molar-refractivity contribution in [2.75, 3.05) is 26.8 Å². The number of carboxylic acids is 1. The molecule has 5 rings (SSSR count). The second-order valence-corrected chi connectivity index (χ2v) is 12.1. The number of hydrogen-bond donors (Lipinski definition) is 3. The average Bonchev–Trinajstić information content (AvgIpc) is 3.50. The maximum atomic E-state index is 12.0. The van der Waals surface area contributed by atoms with Gasteiger partial charge in [-0.15, -0.1) is 0 Å². The summed E-state index contributed by atoms with van der Waals surface area (Å²) in [6, 6.07) is 24.5. The Morgan fingerprint density at radius 2 is 1.71 bits per heavy atom. The molecule has 0 aromatic heterocycles. The van der Waals surface area contributed by atoms with Crippen LogP contribution in [-0.2, 0) is 37.0 Å². The number of aliphatic carboxylic acids is 1. The van der Waals surface area contributed by atoms with E-state index in [1.807, 2.05) is 60.7 Å². The molecule has 1 amide bonds. The van der Waals surface area contributed by atoms with Crippen molar-refractivity contribution in [3.05, 3.63) is 95.1 Å². The van der Waals surface area contributed by atoms with E-state index in [0.29, 0.717) is 19.2 Å². The first-order valence-electron chi connectivity index (χ1n) is 15.8. The molecule has 0 bridgehead atoms. The molecule has 5 atom stereocenters. The molecule has 45 heavy (non-hydrogen) atoms. The van der Waals surface area contributed by atoms with E-state index in [2.05, 4.69) is 29.3 Å². The number of benzene rings is 3. The van der Waals surface area contributed by atoms with Crippen LogP contribution in [0.2, 0.25) is 0 Å². The number of ether oxygens (including phenoxy) is 3. The molecule has 2 fully saturated rings. The number of nitrogens with one attached hydrogen (secondary N) is 1. The molecular weight excluding hydrogens is 572 g/mol. The topological polar surface area (TPSA) is 118 Å². The Kier molecular flexibility index (Phi) is 11.4. The van der Waals surface area contributed by atoms with E-state index >= 15 is 0 Å². The third-order valence-corrected chi connectivity index (χ3v) is 8.89. The highest BCUT2D eigenvalue weighted by Crippen LogP contribution is 2.42. The van der Waals surface area contributed by atoms with Gasteiger partial charge in [-0.25, -0.2) is 0 Å². The minimum absolute atomic E-state index is 0.00223. The van der Waals surface area contributed by atoms with E-state index in [9.17, 15) is 14.7 Å². The molecule has 2 saturated heterocycles. The Morgan fingerprint density at radius 1 is 0.956 bits per heavy atom. The molecule has 3 aromatic carbocycles. The van der Waals surface area contributed by atoms with Crippen LogP contribution in [0.25, 0.3) is 11.1 Å². The van der Waals surface area contributed by atoms with Crippen LogP contribution in [0.3, 0.4) is 0 Å². The number of amides is 1. The van der Waals surface area contributed by atoms with Crippen LogP contribution in [0.4, 0.5) is 0 Å². The fourth-order valence-electron chi connectivity index (χ4n) is 6.28. The van der Waals surface area contributed by atoms with Crippen molar-refractivity contribution in [1.29, 1.82) is 0 Å². The van der Waals surface area contributed by atoms with E-state index in [-0.39, 0.29) is 43.5 Å². The predicted octanol–water partition coefficient (Wildman–Crippen LogP) is 5.23. The first kappa shape index (κ1) is 32.8. The SMILES string of the molecule is COC[C@@H]1CCCN1C[C@@H]1O[C@H](c2ccc(-c3cccc(CNC(=O)CCC(=O)O)c3)cc2)O[C@H](c2ccc(CO)cc2)[C@@H]1C. The van der Waals surface area contributed by atoms with Gasteiger partial charge in [0.25, 0.3) is 0 Å². The van der Waals surface area contributed by atoms with Crippen molar-refractivity contribution >= 4 is 11.9 Å². The summed E-state index contributed by atoms with van der Waals surface area (Å²) in [6.45, 7) is 5.07. The monoisotopic (exact) mass is 616 g/mol. The van der Waals surface area contributed by atoms with E-state index in [0.717, 1.165) is 59.3 Å². The van der Waals surface area contributed by atoms with Gasteiger partial charge in [-0.05, 0) is 53.3 Å². The number of carbonyl (C=O) groups is 2. The first-order chi connectivity index (χ1) is 21.8. The Morgan fingerprint density at radius 3 is 2.42 bits per heavy atom. The van der Waals surface area contributed by atoms with Gasteiger partial charge < -0.3 is 29.7 Å². The smallest absolute Gasteiger partial charge is 0.303 e. The van der Waals surface area contributed by atoms with Gasteiger partial charge in [0.2, 0.25) is 5.91 Å². The largest absolute Gasteiger partial charge is 0.481 e. The lowest BCUT2D eigenvalue weighted by molar-refractivity contribution is -0.276. The summed E-state index contributed by atoms with van der Waals surface area (Å²) in [5.41, 5.74) is 5.83. The summed E-state index contributed by atoms with van der Waals surface area (Å²) in [5, 5.41) is 21.1. The molecule has 3 aromatic rings. The second-order valence-electron chi connectivity index (χ2n) is 12.1. The summed E-state index contributed by atoms with van der Waals surface area (Å²) in [7, 11) is 1.76. The number of likely N-dealkylation sites (tertiary alicyclic amines) is 1. The van der Waals surface area contributed by atoms with Gasteiger partial charge in [-0.2, -0.15) is 0 Å². The molecule has 240 valence electrons. The van der Waals surface area contributed by atoms with Crippen molar-refractivity contribution in [2.24, 2.45) is 5.92 Å². The number of rotatable bonds is 13. The van der Waals surface area contributed by atoms with Crippen LogP contribution < -0.4 is 5.32 Å². The molecule has 9 nitrogen and oxygen atoms in total. The Balaban J connectivity index is 1.32. The zero-order valence-corrected chi connectivity index (χ0v) is 26.1. The lowest BCUT2D eigenvalue weighted by Crippen LogP contribution is -2.46. The summed E-state index contributed by atoms with van der Waals surface area (Å²) < 4.78 is 18.9. The zero-order chi connectivity index (χ0) is 31.8. The van der Waals surface area contributed by atoms with Gasteiger partial charge in [-0.3, -0.25) is 14.5 Å². The highest BCUT2D eigenvalue weighted by atomic mass is 16.7. The zero-order valence-electron chi connectivity index (χ0n) is 26.1. The van der Waals surface area contributed by atoms with Gasteiger partial charge in [0, 0.05) is 44.1 Å². The Hall–Kier alpha value is -3.60. The summed E-state index contributed by atoms with van der Waals surface area (Å²) in [6.07, 6.45) is 1.29. The number of hydrogen-bond acceptors (Lipinski definition) is 7. The molecule has 0 radical (unpaired) electrons. The van der Waals surface area contributed by atoms with E-state index in [1.165, 1.54) is 0 Å². The fourth-order valence-corrected chi connectivity index (χ4v) is 6.28. The van der Waals surface area contributed by atoms with Crippen LogP contribution >= 0.6 is 0 Å². The highest BCUT2D eigenvalue weighted by Gasteiger charge is 2.40. The molecular formula is C36H44N2O7. The minimum Gasteiger partial charge on any atom is -0.481 e. The van der Waals surface area contributed by atoms with Crippen LogP contribution in [-0.4, -0.2) is 65.9 Å².